The molecule has 0 saturated heterocycles. The van der Waals surface area contributed by atoms with Crippen LogP contribution in [0.4, 0.5) is 17.6 Å². The van der Waals surface area contributed by atoms with E-state index in [4.69, 9.17) is 14.7 Å². The van der Waals surface area contributed by atoms with Crippen molar-refractivity contribution in [2.45, 2.75) is 31.9 Å². The Balaban J connectivity index is 1.75. The molecule has 0 aliphatic carbocycles. The second-order valence-corrected chi connectivity index (χ2v) is 8.46. The second-order valence-electron chi connectivity index (χ2n) is 8.46. The first-order valence-corrected chi connectivity index (χ1v) is 11.4. The minimum atomic E-state index is -4.82. The van der Waals surface area contributed by atoms with Gasteiger partial charge in [-0.25, -0.2) is 9.07 Å². The molecular formula is C26H23F4N5O3. The van der Waals surface area contributed by atoms with Crippen LogP contribution in [-0.2, 0) is 24.6 Å². The van der Waals surface area contributed by atoms with Crippen molar-refractivity contribution in [2.24, 2.45) is 7.05 Å². The maximum atomic E-state index is 14.3. The molecule has 1 N–H and O–H groups in total. The lowest BCUT2D eigenvalue weighted by Crippen LogP contribution is -2.15. The van der Waals surface area contributed by atoms with Gasteiger partial charge in [0.2, 0.25) is 0 Å². The van der Waals surface area contributed by atoms with Crippen LogP contribution in [0.1, 0.15) is 53.0 Å². The third-order valence-corrected chi connectivity index (χ3v) is 5.93. The van der Waals surface area contributed by atoms with Crippen LogP contribution < -0.4 is 4.74 Å². The van der Waals surface area contributed by atoms with Crippen molar-refractivity contribution >= 4 is 0 Å². The van der Waals surface area contributed by atoms with Crippen LogP contribution in [0.15, 0.2) is 54.6 Å². The molecule has 4 rings (SSSR count). The molecular weight excluding hydrogens is 506 g/mol. The van der Waals surface area contributed by atoms with Crippen molar-refractivity contribution in [3.05, 3.63) is 94.3 Å². The van der Waals surface area contributed by atoms with Crippen molar-refractivity contribution in [1.29, 1.82) is 5.26 Å². The van der Waals surface area contributed by atoms with E-state index < -0.39 is 29.9 Å². The summed E-state index contributed by atoms with van der Waals surface area (Å²) in [6, 6.07) is 14.4. The average Bonchev–Trinajstić information content (AvgIpc) is 3.51. The summed E-state index contributed by atoms with van der Waals surface area (Å²) < 4.78 is 68.5. The highest BCUT2D eigenvalue weighted by Crippen LogP contribution is 2.35. The van der Waals surface area contributed by atoms with Gasteiger partial charge >= 0.3 is 6.18 Å². The number of aryl methyl sites for hydroxylation is 1. The van der Waals surface area contributed by atoms with E-state index in [-0.39, 0.29) is 34.9 Å². The van der Waals surface area contributed by atoms with Crippen LogP contribution in [0, 0.1) is 17.1 Å². The largest absolute Gasteiger partial charge is 0.497 e. The summed E-state index contributed by atoms with van der Waals surface area (Å²) >= 11 is 0. The van der Waals surface area contributed by atoms with Crippen molar-refractivity contribution in [3.8, 4) is 17.5 Å². The zero-order chi connectivity index (χ0) is 27.6. The van der Waals surface area contributed by atoms with E-state index in [1.54, 1.807) is 38.3 Å². The molecule has 0 amide bonds. The normalized spacial score (nSPS) is 13.2. The van der Waals surface area contributed by atoms with Gasteiger partial charge in [0.1, 0.15) is 23.7 Å². The first kappa shape index (κ1) is 26.8. The Morgan fingerprint density at radius 2 is 1.76 bits per heavy atom. The number of nitrogens with zero attached hydrogens (tertiary/aromatic N) is 5. The summed E-state index contributed by atoms with van der Waals surface area (Å²) in [5, 5.41) is 27.8. The minimum Gasteiger partial charge on any atom is -0.497 e. The molecule has 2 heterocycles. The standard InChI is InChI=1S/C26H23F4N5O3/c1-15(38-14-16-4-7-19(37-3)8-5-16)20-10-17(27)6-9-21(20)35-23(12-24(33-35)26(28,29)30)25(36)22-11-18(13-31)32-34(22)2/h4-12,15,25,36H,14H2,1-3H3/t15-,25?/m1/s1. The fourth-order valence-corrected chi connectivity index (χ4v) is 3.94. The number of rotatable bonds is 8. The predicted octanol–water partition coefficient (Wildman–Crippen LogP) is 5.00. The second kappa shape index (κ2) is 10.6. The Labute approximate surface area is 215 Å². The lowest BCUT2D eigenvalue weighted by atomic mass is 10.1. The number of aromatic nitrogens is 4. The molecule has 0 fully saturated rings. The van der Waals surface area contributed by atoms with E-state index in [9.17, 15) is 22.7 Å². The number of hydrogen-bond donors (Lipinski definition) is 1. The highest BCUT2D eigenvalue weighted by atomic mass is 19.4. The van der Waals surface area contributed by atoms with Crippen molar-refractivity contribution in [1.82, 2.24) is 19.6 Å². The van der Waals surface area contributed by atoms with Crippen LogP contribution in [-0.4, -0.2) is 31.8 Å². The predicted molar refractivity (Wildman–Crippen MR) is 127 cm³/mol. The van der Waals surface area contributed by atoms with Gasteiger partial charge in [0, 0.05) is 18.7 Å². The summed E-state index contributed by atoms with van der Waals surface area (Å²) in [5.41, 5.74) is -0.353. The molecule has 12 heteroatoms. The lowest BCUT2D eigenvalue weighted by Gasteiger charge is -2.20. The van der Waals surface area contributed by atoms with Crippen LogP contribution >= 0.6 is 0 Å². The van der Waals surface area contributed by atoms with Gasteiger partial charge in [-0.2, -0.15) is 28.6 Å². The Kier molecular flexibility index (Phi) is 7.52. The molecule has 2 aromatic carbocycles. The van der Waals surface area contributed by atoms with Gasteiger partial charge in [-0.15, -0.1) is 0 Å². The molecule has 0 saturated carbocycles. The number of hydrogen-bond acceptors (Lipinski definition) is 6. The van der Waals surface area contributed by atoms with E-state index in [0.29, 0.717) is 11.8 Å². The van der Waals surface area contributed by atoms with Crippen LogP contribution in [0.25, 0.3) is 5.69 Å². The maximum absolute atomic E-state index is 14.3. The first-order valence-electron chi connectivity index (χ1n) is 11.4. The molecule has 0 radical (unpaired) electrons. The third kappa shape index (κ3) is 5.53. The summed E-state index contributed by atoms with van der Waals surface area (Å²) in [6.07, 6.45) is -7.22. The monoisotopic (exact) mass is 529 g/mol. The molecule has 2 aromatic heterocycles. The number of aliphatic hydroxyl groups is 1. The van der Waals surface area contributed by atoms with Crippen molar-refractivity contribution < 1.29 is 32.1 Å². The number of alkyl halides is 3. The van der Waals surface area contributed by atoms with Crippen LogP contribution in [0.5, 0.6) is 5.75 Å². The van der Waals surface area contributed by atoms with Crippen LogP contribution in [0.3, 0.4) is 0 Å². The van der Waals surface area contributed by atoms with Gasteiger partial charge in [0.15, 0.2) is 11.4 Å². The Bertz CT molecular complexity index is 1470. The Morgan fingerprint density at radius 1 is 1.05 bits per heavy atom. The summed E-state index contributed by atoms with van der Waals surface area (Å²) in [5.74, 6) is 0.0361. The molecule has 0 bridgehead atoms. The van der Waals surface area contributed by atoms with Crippen LogP contribution in [0.2, 0.25) is 0 Å². The van der Waals surface area contributed by atoms with Crippen molar-refractivity contribution in [2.75, 3.05) is 7.11 Å². The number of nitriles is 1. The summed E-state index contributed by atoms with van der Waals surface area (Å²) in [4.78, 5) is 0. The quantitative estimate of drug-likeness (QED) is 0.323. The maximum Gasteiger partial charge on any atom is 0.435 e. The number of benzene rings is 2. The molecule has 198 valence electrons. The smallest absolute Gasteiger partial charge is 0.435 e. The fourth-order valence-electron chi connectivity index (χ4n) is 3.94. The van der Waals surface area contributed by atoms with Gasteiger partial charge in [-0.1, -0.05) is 12.1 Å². The number of ether oxygens (including phenoxy) is 2. The molecule has 38 heavy (non-hydrogen) atoms. The van der Waals surface area contributed by atoms with Crippen molar-refractivity contribution in [3.63, 3.8) is 0 Å². The van der Waals surface area contributed by atoms with Gasteiger partial charge < -0.3 is 14.6 Å². The van der Waals surface area contributed by atoms with E-state index in [2.05, 4.69) is 10.2 Å². The fraction of sp³-hybridized carbons (Fsp3) is 0.269. The molecule has 4 aromatic rings. The summed E-state index contributed by atoms with van der Waals surface area (Å²) in [7, 11) is 2.99. The van der Waals surface area contributed by atoms with Gasteiger partial charge in [-0.3, -0.25) is 4.68 Å². The van der Waals surface area contributed by atoms with Gasteiger partial charge in [-0.05, 0) is 48.9 Å². The first-order chi connectivity index (χ1) is 18.0. The SMILES string of the molecule is COc1ccc(CO[C@H](C)c2cc(F)ccc2-n2nc(C(F)(F)F)cc2C(O)c2cc(C#N)nn2C)cc1. The minimum absolute atomic E-state index is 0.0216. The summed E-state index contributed by atoms with van der Waals surface area (Å²) in [6.45, 7) is 1.77. The highest BCUT2D eigenvalue weighted by molar-refractivity contribution is 5.45. The highest BCUT2D eigenvalue weighted by Gasteiger charge is 2.37. The van der Waals surface area contributed by atoms with E-state index in [1.807, 2.05) is 6.07 Å². The van der Waals surface area contributed by atoms with Gasteiger partial charge in [0.05, 0.1) is 36.9 Å². The Morgan fingerprint density at radius 3 is 2.37 bits per heavy atom. The topological polar surface area (TPSA) is 98.1 Å². The lowest BCUT2D eigenvalue weighted by molar-refractivity contribution is -0.141. The van der Waals surface area contributed by atoms with E-state index in [0.717, 1.165) is 22.4 Å². The number of methoxy groups -OCH3 is 1. The van der Waals surface area contributed by atoms with E-state index in [1.165, 1.54) is 23.9 Å². The molecule has 8 nitrogen and oxygen atoms in total. The van der Waals surface area contributed by atoms with Gasteiger partial charge in [0.25, 0.3) is 0 Å². The molecule has 0 aliphatic heterocycles. The molecule has 2 atom stereocenters. The zero-order valence-electron chi connectivity index (χ0n) is 20.6. The zero-order valence-corrected chi connectivity index (χ0v) is 20.6. The third-order valence-electron chi connectivity index (χ3n) is 5.93. The average molecular weight is 529 g/mol. The van der Waals surface area contributed by atoms with E-state index >= 15 is 0 Å². The molecule has 1 unspecified atom stereocenters. The number of halogens is 4. The molecule has 0 spiro atoms. The molecule has 0 aliphatic rings. The Hall–Kier alpha value is -4.21. The number of aliphatic hydroxyl groups excluding tert-OH is 1.